The summed E-state index contributed by atoms with van der Waals surface area (Å²) in [5.41, 5.74) is 2.58. The zero-order chi connectivity index (χ0) is 11.3. The Morgan fingerprint density at radius 2 is 1.87 bits per heavy atom. The highest BCUT2D eigenvalue weighted by atomic mass is 32.1. The Morgan fingerprint density at radius 1 is 1.27 bits per heavy atom. The van der Waals surface area contributed by atoms with E-state index >= 15 is 0 Å². The van der Waals surface area contributed by atoms with Crippen LogP contribution in [0.1, 0.15) is 26.3 Å². The van der Waals surface area contributed by atoms with E-state index in [-0.39, 0.29) is 5.41 Å². The molecule has 1 aromatic rings. The van der Waals surface area contributed by atoms with Gasteiger partial charge in [0.15, 0.2) is 0 Å². The van der Waals surface area contributed by atoms with Crippen LogP contribution in [-0.4, -0.2) is 11.8 Å². The van der Waals surface area contributed by atoms with E-state index in [0.717, 1.165) is 5.69 Å². The quantitative estimate of drug-likeness (QED) is 0.623. The van der Waals surface area contributed by atoms with Crippen LogP contribution in [0.3, 0.4) is 0 Å². The number of thiocarbonyl (C=S) groups is 1. The van der Waals surface area contributed by atoms with E-state index in [9.17, 15) is 0 Å². The van der Waals surface area contributed by atoms with Gasteiger partial charge >= 0.3 is 0 Å². The van der Waals surface area contributed by atoms with Gasteiger partial charge in [-0.25, -0.2) is 4.99 Å². The van der Waals surface area contributed by atoms with E-state index in [2.05, 4.69) is 72.7 Å². The summed E-state index contributed by atoms with van der Waals surface area (Å²) in [5, 5.41) is 5.45. The fraction of sp³-hybridized carbons (Fsp3) is 0.417. The molecule has 0 heterocycles. The molecule has 80 valence electrons. The Bertz CT molecular complexity index is 356. The number of benzene rings is 1. The molecule has 1 N–H and O–H groups in total. The maximum absolute atomic E-state index is 4.48. The number of hydrogen-bond donors (Lipinski definition) is 1. The molecule has 0 amide bonds. The predicted molar refractivity (Wildman–Crippen MR) is 68.7 cm³/mol. The Hall–Kier alpha value is -1.18. The van der Waals surface area contributed by atoms with E-state index in [1.54, 1.807) is 0 Å². The monoisotopic (exact) mass is 220 g/mol. The van der Waals surface area contributed by atoms with Crippen LogP contribution < -0.4 is 5.32 Å². The van der Waals surface area contributed by atoms with Gasteiger partial charge in [0.1, 0.15) is 6.67 Å². The average molecular weight is 220 g/mol. The lowest BCUT2D eigenvalue weighted by atomic mass is 9.87. The van der Waals surface area contributed by atoms with Gasteiger partial charge in [-0.05, 0) is 35.3 Å². The van der Waals surface area contributed by atoms with Crippen LogP contribution in [0.4, 0.5) is 5.69 Å². The summed E-state index contributed by atoms with van der Waals surface area (Å²) in [6, 6.07) is 8.37. The first kappa shape index (κ1) is 11.9. The largest absolute Gasteiger partial charge is 0.366 e. The van der Waals surface area contributed by atoms with Crippen LogP contribution in [0.25, 0.3) is 0 Å². The molecule has 0 fully saturated rings. The topological polar surface area (TPSA) is 24.4 Å². The minimum absolute atomic E-state index is 0.199. The summed E-state index contributed by atoms with van der Waals surface area (Å²) in [7, 11) is 0. The van der Waals surface area contributed by atoms with Crippen molar-refractivity contribution in [2.24, 2.45) is 4.99 Å². The van der Waals surface area contributed by atoms with Crippen LogP contribution >= 0.6 is 12.2 Å². The number of rotatable bonds is 3. The second kappa shape index (κ2) is 5.06. The molecule has 3 heteroatoms. The number of nitrogens with one attached hydrogen (secondary N) is 1. The van der Waals surface area contributed by atoms with Crippen LogP contribution in [0, 0.1) is 0 Å². The minimum atomic E-state index is 0.199. The highest BCUT2D eigenvalue weighted by Crippen LogP contribution is 2.23. The summed E-state index contributed by atoms with van der Waals surface area (Å²) in [5.74, 6) is 0. The van der Waals surface area contributed by atoms with Gasteiger partial charge in [-0.3, -0.25) is 0 Å². The van der Waals surface area contributed by atoms with E-state index in [0.29, 0.717) is 6.67 Å². The zero-order valence-electron chi connectivity index (χ0n) is 9.37. The maximum atomic E-state index is 4.48. The average Bonchev–Trinajstić information content (AvgIpc) is 2.18. The predicted octanol–water partition coefficient (Wildman–Crippen LogP) is 3.46. The van der Waals surface area contributed by atoms with Crippen molar-refractivity contribution in [2.45, 2.75) is 26.2 Å². The first-order chi connectivity index (χ1) is 7.04. The van der Waals surface area contributed by atoms with Gasteiger partial charge in [0, 0.05) is 5.69 Å². The molecule has 0 aliphatic carbocycles. The number of aliphatic imine (C=N–C) groups is 1. The second-order valence-electron chi connectivity index (χ2n) is 4.41. The SMILES string of the molecule is CC(C)(C)c1ccc(NCN=C=S)cc1. The standard InChI is InChI=1S/C12H16N2S/c1-12(2,3)10-4-6-11(7-5-10)14-8-13-9-15/h4-7,14H,8H2,1-3H3. The van der Waals surface area contributed by atoms with Crippen molar-refractivity contribution in [3.63, 3.8) is 0 Å². The van der Waals surface area contributed by atoms with Gasteiger partial charge in [0.25, 0.3) is 0 Å². The Kier molecular flexibility index (Phi) is 4.01. The second-order valence-corrected chi connectivity index (χ2v) is 4.59. The van der Waals surface area contributed by atoms with Crippen molar-refractivity contribution in [1.82, 2.24) is 0 Å². The Balaban J connectivity index is 2.68. The highest BCUT2D eigenvalue weighted by molar-refractivity contribution is 7.78. The van der Waals surface area contributed by atoms with Crippen molar-refractivity contribution in [1.29, 1.82) is 0 Å². The van der Waals surface area contributed by atoms with E-state index in [1.807, 2.05) is 0 Å². The molecule has 0 aliphatic heterocycles. The summed E-state index contributed by atoms with van der Waals surface area (Å²) < 4.78 is 0. The van der Waals surface area contributed by atoms with Gasteiger partial charge in [-0.1, -0.05) is 32.9 Å². The van der Waals surface area contributed by atoms with E-state index in [4.69, 9.17) is 0 Å². The highest BCUT2D eigenvalue weighted by Gasteiger charge is 2.12. The zero-order valence-corrected chi connectivity index (χ0v) is 10.2. The molecule has 1 rings (SSSR count). The molecular weight excluding hydrogens is 204 g/mol. The molecule has 0 bridgehead atoms. The molecule has 1 aromatic carbocycles. The van der Waals surface area contributed by atoms with Gasteiger partial charge in [0.2, 0.25) is 0 Å². The normalized spacial score (nSPS) is 10.6. The third kappa shape index (κ3) is 3.82. The van der Waals surface area contributed by atoms with Gasteiger partial charge in [0.05, 0.1) is 5.16 Å². The number of anilines is 1. The van der Waals surface area contributed by atoms with Gasteiger partial charge in [-0.15, -0.1) is 0 Å². The molecular formula is C12H16N2S. The maximum Gasteiger partial charge on any atom is 0.118 e. The van der Waals surface area contributed by atoms with E-state index < -0.39 is 0 Å². The summed E-state index contributed by atoms with van der Waals surface area (Å²) >= 11 is 4.48. The first-order valence-corrected chi connectivity index (χ1v) is 5.33. The van der Waals surface area contributed by atoms with E-state index in [1.165, 1.54) is 5.56 Å². The van der Waals surface area contributed by atoms with Crippen LogP contribution in [0.5, 0.6) is 0 Å². The fourth-order valence-corrected chi connectivity index (χ4v) is 1.32. The lowest BCUT2D eigenvalue weighted by molar-refractivity contribution is 0.590. The lowest BCUT2D eigenvalue weighted by Gasteiger charge is -2.19. The van der Waals surface area contributed by atoms with Crippen molar-refractivity contribution in [2.75, 3.05) is 12.0 Å². The molecule has 15 heavy (non-hydrogen) atoms. The first-order valence-electron chi connectivity index (χ1n) is 4.92. The number of isothiocyanates is 1. The Morgan fingerprint density at radius 3 is 2.33 bits per heavy atom. The van der Waals surface area contributed by atoms with Crippen LogP contribution in [-0.2, 0) is 5.41 Å². The molecule has 0 unspecified atom stereocenters. The minimum Gasteiger partial charge on any atom is -0.366 e. The van der Waals surface area contributed by atoms with Crippen molar-refractivity contribution < 1.29 is 0 Å². The molecule has 0 radical (unpaired) electrons. The van der Waals surface area contributed by atoms with Crippen LogP contribution in [0.15, 0.2) is 29.3 Å². The summed E-state index contributed by atoms with van der Waals surface area (Å²) in [6.07, 6.45) is 0. The summed E-state index contributed by atoms with van der Waals surface area (Å²) in [6.45, 7) is 7.09. The smallest absolute Gasteiger partial charge is 0.118 e. The molecule has 2 nitrogen and oxygen atoms in total. The number of nitrogens with zero attached hydrogens (tertiary/aromatic N) is 1. The van der Waals surface area contributed by atoms with Crippen molar-refractivity contribution in [3.05, 3.63) is 29.8 Å². The molecule has 0 saturated heterocycles. The third-order valence-electron chi connectivity index (χ3n) is 2.18. The molecule has 0 aromatic heterocycles. The molecule has 0 saturated carbocycles. The fourth-order valence-electron chi connectivity index (χ4n) is 1.25. The molecule has 0 atom stereocenters. The lowest BCUT2D eigenvalue weighted by Crippen LogP contribution is -2.10. The number of hydrogen-bond acceptors (Lipinski definition) is 3. The van der Waals surface area contributed by atoms with Gasteiger partial charge < -0.3 is 5.32 Å². The van der Waals surface area contributed by atoms with Crippen molar-refractivity contribution in [3.8, 4) is 0 Å². The molecule has 0 aliphatic rings. The molecule has 0 spiro atoms. The van der Waals surface area contributed by atoms with Crippen molar-refractivity contribution >= 4 is 23.1 Å². The van der Waals surface area contributed by atoms with Crippen LogP contribution in [0.2, 0.25) is 0 Å². The van der Waals surface area contributed by atoms with Gasteiger partial charge in [-0.2, -0.15) is 0 Å². The Labute approximate surface area is 96.4 Å². The summed E-state index contributed by atoms with van der Waals surface area (Å²) in [4.78, 5) is 3.79. The third-order valence-corrected chi connectivity index (χ3v) is 2.31.